The lowest BCUT2D eigenvalue weighted by Gasteiger charge is -2.29. The normalized spacial score (nSPS) is 15.4. The molecule has 1 aliphatic rings. The van der Waals surface area contributed by atoms with Crippen molar-refractivity contribution in [2.75, 3.05) is 19.6 Å². The van der Waals surface area contributed by atoms with Gasteiger partial charge in [0.2, 0.25) is 10.0 Å². The van der Waals surface area contributed by atoms with Gasteiger partial charge in [-0.2, -0.15) is 0 Å². The predicted molar refractivity (Wildman–Crippen MR) is 141 cm³/mol. The van der Waals surface area contributed by atoms with E-state index in [0.29, 0.717) is 25.9 Å². The third kappa shape index (κ3) is 6.77. The van der Waals surface area contributed by atoms with Gasteiger partial charge in [-0.25, -0.2) is 17.9 Å². The van der Waals surface area contributed by atoms with Crippen LogP contribution in [0.15, 0.2) is 71.6 Å². The molecular formula is C28H34N2O5S. The summed E-state index contributed by atoms with van der Waals surface area (Å²) in [5.74, 6) is 0.856. The highest BCUT2D eigenvalue weighted by Crippen LogP contribution is 2.29. The Morgan fingerprint density at radius 3 is 2.50 bits per heavy atom. The number of hydrogen-bond acceptors (Lipinski definition) is 5. The van der Waals surface area contributed by atoms with Gasteiger partial charge < -0.3 is 14.4 Å². The van der Waals surface area contributed by atoms with Crippen molar-refractivity contribution in [1.29, 1.82) is 0 Å². The minimum absolute atomic E-state index is 0.138. The highest BCUT2D eigenvalue weighted by molar-refractivity contribution is 7.89. The number of amides is 1. The van der Waals surface area contributed by atoms with Crippen LogP contribution in [0.3, 0.4) is 0 Å². The van der Waals surface area contributed by atoms with E-state index in [4.69, 9.17) is 9.47 Å². The summed E-state index contributed by atoms with van der Waals surface area (Å²) in [5.41, 5.74) is 0.527. The van der Waals surface area contributed by atoms with Crippen molar-refractivity contribution < 1.29 is 22.7 Å². The Labute approximate surface area is 213 Å². The zero-order valence-corrected chi connectivity index (χ0v) is 21.9. The van der Waals surface area contributed by atoms with E-state index in [0.717, 1.165) is 28.5 Å². The van der Waals surface area contributed by atoms with Gasteiger partial charge in [-0.1, -0.05) is 48.5 Å². The molecule has 4 rings (SSSR count). The van der Waals surface area contributed by atoms with E-state index in [9.17, 15) is 13.2 Å². The van der Waals surface area contributed by atoms with Crippen molar-refractivity contribution in [2.24, 2.45) is 0 Å². The summed E-state index contributed by atoms with van der Waals surface area (Å²) in [5, 5.41) is 1.87. The van der Waals surface area contributed by atoms with Crippen LogP contribution in [0.25, 0.3) is 10.8 Å². The molecule has 1 N–H and O–H groups in total. The summed E-state index contributed by atoms with van der Waals surface area (Å²) in [6.45, 7) is 6.66. The van der Waals surface area contributed by atoms with Crippen molar-refractivity contribution in [1.82, 2.24) is 9.62 Å². The minimum atomic E-state index is -3.62. The number of hydrogen-bond donors (Lipinski definition) is 1. The standard InChI is InChI=1S/C28H34N2O5S/c1-28(2,3)35-27(31)30(20-24-18-23-12-6-7-13-26(23)34-24)17-9-8-16-29-36(32,33)25-15-14-21-10-4-5-11-22(21)19-25/h4-7,10-15,19,24,29H,8-9,16-18,20H2,1-3H3. The Balaban J connectivity index is 1.31. The third-order valence-electron chi connectivity index (χ3n) is 5.97. The van der Waals surface area contributed by atoms with Crippen molar-refractivity contribution >= 4 is 26.9 Å². The first-order chi connectivity index (χ1) is 17.1. The summed E-state index contributed by atoms with van der Waals surface area (Å²) in [7, 11) is -3.62. The fourth-order valence-electron chi connectivity index (χ4n) is 4.24. The first-order valence-electron chi connectivity index (χ1n) is 12.3. The number of carbonyl (C=O) groups excluding carboxylic acids is 1. The van der Waals surface area contributed by atoms with Crippen LogP contribution in [0.1, 0.15) is 39.2 Å². The van der Waals surface area contributed by atoms with Gasteiger partial charge in [0.05, 0.1) is 11.4 Å². The van der Waals surface area contributed by atoms with E-state index in [2.05, 4.69) is 4.72 Å². The minimum Gasteiger partial charge on any atom is -0.488 e. The van der Waals surface area contributed by atoms with Crippen molar-refractivity contribution in [3.63, 3.8) is 0 Å². The number of para-hydroxylation sites is 1. The van der Waals surface area contributed by atoms with E-state index >= 15 is 0 Å². The molecule has 1 aliphatic heterocycles. The molecule has 1 heterocycles. The highest BCUT2D eigenvalue weighted by atomic mass is 32.2. The molecule has 0 spiro atoms. The van der Waals surface area contributed by atoms with Crippen LogP contribution in [0.2, 0.25) is 0 Å². The van der Waals surface area contributed by atoms with Crippen LogP contribution in [0.5, 0.6) is 5.75 Å². The number of nitrogens with one attached hydrogen (secondary N) is 1. The number of fused-ring (bicyclic) bond motifs is 2. The predicted octanol–water partition coefficient (Wildman–Crippen LogP) is 5.14. The van der Waals surface area contributed by atoms with Gasteiger partial charge in [-0.05, 0) is 68.1 Å². The molecule has 0 bridgehead atoms. The molecule has 3 aromatic rings. The maximum Gasteiger partial charge on any atom is 0.410 e. The number of ether oxygens (including phenoxy) is 2. The molecule has 3 aromatic carbocycles. The maximum absolute atomic E-state index is 12.9. The molecule has 1 atom stereocenters. The quantitative estimate of drug-likeness (QED) is 0.403. The van der Waals surface area contributed by atoms with Crippen LogP contribution in [-0.4, -0.2) is 50.8 Å². The van der Waals surface area contributed by atoms with Gasteiger partial charge in [0.15, 0.2) is 0 Å². The molecule has 0 saturated carbocycles. The fourth-order valence-corrected chi connectivity index (χ4v) is 5.35. The average Bonchev–Trinajstić information content (AvgIpc) is 3.24. The third-order valence-corrected chi connectivity index (χ3v) is 7.43. The summed E-state index contributed by atoms with van der Waals surface area (Å²) in [6.07, 6.45) is 1.41. The van der Waals surface area contributed by atoms with Crippen LogP contribution in [-0.2, 0) is 21.2 Å². The maximum atomic E-state index is 12.9. The summed E-state index contributed by atoms with van der Waals surface area (Å²) >= 11 is 0. The van der Waals surface area contributed by atoms with Gasteiger partial charge in [-0.15, -0.1) is 0 Å². The van der Waals surface area contributed by atoms with E-state index in [1.165, 1.54) is 0 Å². The lowest BCUT2D eigenvalue weighted by Crippen LogP contribution is -2.42. The number of rotatable bonds is 9. The highest BCUT2D eigenvalue weighted by Gasteiger charge is 2.29. The topological polar surface area (TPSA) is 84.9 Å². The summed E-state index contributed by atoms with van der Waals surface area (Å²) in [6, 6.07) is 20.7. The smallest absolute Gasteiger partial charge is 0.410 e. The molecule has 1 amide bonds. The second-order valence-electron chi connectivity index (χ2n) is 10.1. The van der Waals surface area contributed by atoms with E-state index in [1.54, 1.807) is 17.0 Å². The molecule has 36 heavy (non-hydrogen) atoms. The lowest BCUT2D eigenvalue weighted by molar-refractivity contribution is 0.0179. The SMILES string of the molecule is CC(C)(C)OC(=O)N(CCCCNS(=O)(=O)c1ccc2ccccc2c1)CC1Cc2ccccc2O1. The zero-order chi connectivity index (χ0) is 25.8. The Kier molecular flexibility index (Phi) is 7.85. The number of unbranched alkanes of at least 4 members (excludes halogenated alkanes) is 1. The second kappa shape index (κ2) is 10.9. The van der Waals surface area contributed by atoms with Gasteiger partial charge >= 0.3 is 6.09 Å². The molecule has 0 radical (unpaired) electrons. The van der Waals surface area contributed by atoms with Crippen LogP contribution in [0, 0.1) is 0 Å². The Morgan fingerprint density at radius 2 is 1.75 bits per heavy atom. The van der Waals surface area contributed by atoms with E-state index in [-0.39, 0.29) is 23.6 Å². The van der Waals surface area contributed by atoms with E-state index in [1.807, 2.05) is 75.4 Å². The monoisotopic (exact) mass is 510 g/mol. The van der Waals surface area contributed by atoms with Gasteiger partial charge in [0.25, 0.3) is 0 Å². The van der Waals surface area contributed by atoms with Crippen molar-refractivity contribution in [3.8, 4) is 5.75 Å². The van der Waals surface area contributed by atoms with Crippen LogP contribution in [0.4, 0.5) is 4.79 Å². The number of benzene rings is 3. The molecule has 192 valence electrons. The van der Waals surface area contributed by atoms with Gasteiger partial charge in [0.1, 0.15) is 17.5 Å². The van der Waals surface area contributed by atoms with Gasteiger partial charge in [-0.3, -0.25) is 0 Å². The first kappa shape index (κ1) is 26.0. The van der Waals surface area contributed by atoms with E-state index < -0.39 is 15.6 Å². The molecule has 0 aliphatic carbocycles. The average molecular weight is 511 g/mol. The molecule has 7 nitrogen and oxygen atoms in total. The molecular weight excluding hydrogens is 476 g/mol. The number of nitrogens with zero attached hydrogens (tertiary/aromatic N) is 1. The fraction of sp³-hybridized carbons (Fsp3) is 0.393. The number of carbonyl (C=O) groups is 1. The molecule has 0 aromatic heterocycles. The number of sulfonamides is 1. The lowest BCUT2D eigenvalue weighted by atomic mass is 10.1. The Bertz CT molecular complexity index is 1290. The molecule has 0 saturated heterocycles. The summed E-state index contributed by atoms with van der Waals surface area (Å²) < 4.78 is 39.8. The van der Waals surface area contributed by atoms with Crippen molar-refractivity contribution in [3.05, 3.63) is 72.3 Å². The first-order valence-corrected chi connectivity index (χ1v) is 13.8. The van der Waals surface area contributed by atoms with Crippen LogP contribution >= 0.6 is 0 Å². The Hall–Kier alpha value is -3.10. The van der Waals surface area contributed by atoms with Crippen LogP contribution < -0.4 is 9.46 Å². The Morgan fingerprint density at radius 1 is 1.03 bits per heavy atom. The second-order valence-corrected chi connectivity index (χ2v) is 11.9. The van der Waals surface area contributed by atoms with Crippen molar-refractivity contribution in [2.45, 2.75) is 56.6 Å². The largest absolute Gasteiger partial charge is 0.488 e. The zero-order valence-electron chi connectivity index (χ0n) is 21.1. The summed E-state index contributed by atoms with van der Waals surface area (Å²) in [4.78, 5) is 14.8. The molecule has 1 unspecified atom stereocenters. The molecule has 8 heteroatoms. The molecule has 0 fully saturated rings. The van der Waals surface area contributed by atoms with Gasteiger partial charge in [0, 0.05) is 19.5 Å².